The van der Waals surface area contributed by atoms with E-state index in [0.29, 0.717) is 18.1 Å². The van der Waals surface area contributed by atoms with E-state index in [1.165, 1.54) is 0 Å². The van der Waals surface area contributed by atoms with Gasteiger partial charge in [-0.15, -0.1) is 0 Å². The van der Waals surface area contributed by atoms with Gasteiger partial charge in [0, 0.05) is 23.1 Å². The van der Waals surface area contributed by atoms with Crippen molar-refractivity contribution in [3.05, 3.63) is 70.9 Å². The Bertz CT molecular complexity index is 1350. The highest BCUT2D eigenvalue weighted by Gasteiger charge is 2.30. The summed E-state index contributed by atoms with van der Waals surface area (Å²) in [6, 6.07) is 11.0. The number of carbonyl (C=O) groups excluding carboxylic acids is 1. The first-order valence-electron chi connectivity index (χ1n) is 12.2. The summed E-state index contributed by atoms with van der Waals surface area (Å²) in [5.41, 5.74) is 4.84. The Morgan fingerprint density at radius 3 is 2.74 bits per heavy atom. The summed E-state index contributed by atoms with van der Waals surface area (Å²) >= 11 is 0. The number of H-pyrrole nitrogens is 1. The number of aromatic amines is 1. The Labute approximate surface area is 198 Å². The van der Waals surface area contributed by atoms with Crippen LogP contribution in [0.4, 0.5) is 4.39 Å². The van der Waals surface area contributed by atoms with Gasteiger partial charge in [-0.05, 0) is 87.3 Å². The number of nitrogens with one attached hydrogen (secondary N) is 1. The molecule has 1 fully saturated rings. The highest BCUT2D eigenvalue weighted by molar-refractivity contribution is 5.95. The van der Waals surface area contributed by atoms with Crippen molar-refractivity contribution in [2.24, 2.45) is 5.92 Å². The highest BCUT2D eigenvalue weighted by atomic mass is 19.1. The Kier molecular flexibility index (Phi) is 6.07. The maximum Gasteiger partial charge on any atom is 0.338 e. The SMILES string of the molecule is CCOC(=O)c1cc2nc([C@H](C)[C@H]3CC[C@@H](c4c(F)ccc5ncccc54)CC3)[nH]c2cc1C. The molecule has 0 amide bonds. The topological polar surface area (TPSA) is 67.9 Å². The van der Waals surface area contributed by atoms with Gasteiger partial charge in [0.25, 0.3) is 0 Å². The van der Waals surface area contributed by atoms with Crippen molar-refractivity contribution >= 4 is 27.9 Å². The van der Waals surface area contributed by atoms with Crippen LogP contribution in [0.3, 0.4) is 0 Å². The minimum absolute atomic E-state index is 0.123. The summed E-state index contributed by atoms with van der Waals surface area (Å²) < 4.78 is 20.0. The fourth-order valence-corrected chi connectivity index (χ4v) is 5.52. The van der Waals surface area contributed by atoms with E-state index in [1.54, 1.807) is 25.3 Å². The van der Waals surface area contributed by atoms with E-state index in [9.17, 15) is 9.18 Å². The molecule has 2 aromatic heterocycles. The van der Waals surface area contributed by atoms with Crippen LogP contribution in [0, 0.1) is 18.7 Å². The third kappa shape index (κ3) is 4.06. The largest absolute Gasteiger partial charge is 0.462 e. The number of aryl methyl sites for hydroxylation is 1. The lowest BCUT2D eigenvalue weighted by molar-refractivity contribution is 0.0525. The summed E-state index contributed by atoms with van der Waals surface area (Å²) in [4.78, 5) is 25.0. The molecule has 2 heterocycles. The normalized spacial score (nSPS) is 19.4. The Morgan fingerprint density at radius 2 is 1.97 bits per heavy atom. The second-order valence-electron chi connectivity index (χ2n) is 9.46. The number of imidazole rings is 1. The second-order valence-corrected chi connectivity index (χ2v) is 9.46. The quantitative estimate of drug-likeness (QED) is 0.333. The number of aromatic nitrogens is 3. The molecule has 1 N–H and O–H groups in total. The molecule has 34 heavy (non-hydrogen) atoms. The minimum atomic E-state index is -0.311. The summed E-state index contributed by atoms with van der Waals surface area (Å²) in [7, 11) is 0. The summed E-state index contributed by atoms with van der Waals surface area (Å²) in [5.74, 6) is 1.44. The van der Waals surface area contributed by atoms with Crippen molar-refractivity contribution in [3.8, 4) is 0 Å². The standard InChI is InChI=1S/C28H30FN3O2/c1-4-34-28(33)21-15-25-24(14-16(21)2)31-27(32-25)17(3)18-7-9-19(10-8-18)26-20-6-5-13-30-23(20)12-11-22(26)29/h5-6,11-15,17-19H,4,7-10H2,1-3H3,(H,31,32)/t17-,18-,19+/m1/s1. The molecular formula is C28H30FN3O2. The molecule has 1 aliphatic carbocycles. The predicted octanol–water partition coefficient (Wildman–Crippen LogP) is 6.81. The maximum absolute atomic E-state index is 14.8. The molecule has 0 saturated heterocycles. The van der Waals surface area contributed by atoms with Gasteiger partial charge in [-0.1, -0.05) is 13.0 Å². The number of esters is 1. The highest BCUT2D eigenvalue weighted by Crippen LogP contribution is 2.43. The Morgan fingerprint density at radius 1 is 1.18 bits per heavy atom. The lowest BCUT2D eigenvalue weighted by Crippen LogP contribution is -2.19. The van der Waals surface area contributed by atoms with Crippen LogP contribution in [0.2, 0.25) is 0 Å². The average molecular weight is 460 g/mol. The summed E-state index contributed by atoms with van der Waals surface area (Å²) in [5, 5.41) is 0.934. The molecule has 0 spiro atoms. The lowest BCUT2D eigenvalue weighted by Gasteiger charge is -2.32. The molecule has 0 aliphatic heterocycles. The number of pyridine rings is 1. The Balaban J connectivity index is 1.34. The third-order valence-electron chi connectivity index (χ3n) is 7.43. The molecule has 4 aromatic rings. The second kappa shape index (κ2) is 9.16. The summed E-state index contributed by atoms with van der Waals surface area (Å²) in [6.45, 7) is 6.28. The van der Waals surface area contributed by atoms with E-state index in [1.807, 2.05) is 31.2 Å². The van der Waals surface area contributed by atoms with E-state index in [-0.39, 0.29) is 23.6 Å². The van der Waals surface area contributed by atoms with Crippen molar-refractivity contribution in [3.63, 3.8) is 0 Å². The van der Waals surface area contributed by atoms with Gasteiger partial charge in [-0.3, -0.25) is 4.98 Å². The predicted molar refractivity (Wildman–Crippen MR) is 132 cm³/mol. The van der Waals surface area contributed by atoms with Gasteiger partial charge in [0.2, 0.25) is 0 Å². The zero-order valence-electron chi connectivity index (χ0n) is 19.9. The number of hydrogen-bond donors (Lipinski definition) is 1. The van der Waals surface area contributed by atoms with Crippen molar-refractivity contribution < 1.29 is 13.9 Å². The molecule has 6 heteroatoms. The van der Waals surface area contributed by atoms with Crippen LogP contribution in [0.25, 0.3) is 21.9 Å². The van der Waals surface area contributed by atoms with Crippen LogP contribution in [0.5, 0.6) is 0 Å². The number of halogens is 1. The molecule has 176 valence electrons. The number of fused-ring (bicyclic) bond motifs is 2. The van der Waals surface area contributed by atoms with E-state index < -0.39 is 0 Å². The number of benzene rings is 2. The maximum atomic E-state index is 14.8. The van der Waals surface area contributed by atoms with Crippen LogP contribution >= 0.6 is 0 Å². The third-order valence-corrected chi connectivity index (χ3v) is 7.43. The van der Waals surface area contributed by atoms with Crippen LogP contribution < -0.4 is 0 Å². The van der Waals surface area contributed by atoms with Gasteiger partial charge in [0.05, 0.1) is 28.7 Å². The Hall–Kier alpha value is -3.28. The van der Waals surface area contributed by atoms with Gasteiger partial charge in [-0.2, -0.15) is 0 Å². The first kappa shape index (κ1) is 22.5. The molecule has 1 saturated carbocycles. The molecule has 1 atom stereocenters. The fourth-order valence-electron chi connectivity index (χ4n) is 5.52. The molecule has 2 aromatic carbocycles. The number of carbonyl (C=O) groups is 1. The molecule has 0 bridgehead atoms. The first-order valence-corrected chi connectivity index (χ1v) is 12.2. The van der Waals surface area contributed by atoms with Crippen LogP contribution in [0.1, 0.15) is 78.7 Å². The molecular weight excluding hydrogens is 429 g/mol. The van der Waals surface area contributed by atoms with Gasteiger partial charge in [-0.25, -0.2) is 14.2 Å². The minimum Gasteiger partial charge on any atom is -0.462 e. The van der Waals surface area contributed by atoms with Crippen LogP contribution in [0.15, 0.2) is 42.6 Å². The van der Waals surface area contributed by atoms with Gasteiger partial charge in [0.15, 0.2) is 0 Å². The molecule has 5 nitrogen and oxygen atoms in total. The zero-order chi connectivity index (χ0) is 23.8. The monoisotopic (exact) mass is 459 g/mol. The van der Waals surface area contributed by atoms with Crippen molar-refractivity contribution in [2.75, 3.05) is 6.61 Å². The first-order chi connectivity index (χ1) is 16.5. The number of ether oxygens (including phenoxy) is 1. The van der Waals surface area contributed by atoms with Crippen molar-refractivity contribution in [2.45, 2.75) is 58.3 Å². The summed E-state index contributed by atoms with van der Waals surface area (Å²) in [6.07, 6.45) is 5.70. The lowest BCUT2D eigenvalue weighted by atomic mass is 9.73. The van der Waals surface area contributed by atoms with Crippen LogP contribution in [-0.4, -0.2) is 27.5 Å². The average Bonchev–Trinajstić information content (AvgIpc) is 3.26. The van der Waals surface area contributed by atoms with Crippen molar-refractivity contribution in [1.82, 2.24) is 15.0 Å². The van der Waals surface area contributed by atoms with Gasteiger partial charge >= 0.3 is 5.97 Å². The number of hydrogen-bond acceptors (Lipinski definition) is 4. The van der Waals surface area contributed by atoms with Gasteiger partial charge in [0.1, 0.15) is 11.6 Å². The molecule has 1 aliphatic rings. The van der Waals surface area contributed by atoms with Crippen LogP contribution in [-0.2, 0) is 4.74 Å². The number of rotatable bonds is 5. The van der Waals surface area contributed by atoms with E-state index in [2.05, 4.69) is 16.9 Å². The molecule has 0 unspecified atom stereocenters. The molecule has 0 radical (unpaired) electrons. The number of nitrogens with zero attached hydrogens (tertiary/aromatic N) is 2. The van der Waals surface area contributed by atoms with E-state index >= 15 is 0 Å². The van der Waals surface area contributed by atoms with Crippen molar-refractivity contribution in [1.29, 1.82) is 0 Å². The van der Waals surface area contributed by atoms with E-state index in [4.69, 9.17) is 9.72 Å². The fraction of sp³-hybridized carbons (Fsp3) is 0.393. The molecule has 5 rings (SSSR count). The zero-order valence-corrected chi connectivity index (χ0v) is 19.9. The smallest absolute Gasteiger partial charge is 0.338 e. The van der Waals surface area contributed by atoms with E-state index in [0.717, 1.165) is 64.6 Å². The van der Waals surface area contributed by atoms with Gasteiger partial charge < -0.3 is 9.72 Å².